The van der Waals surface area contributed by atoms with Gasteiger partial charge in [-0.3, -0.25) is 4.21 Å². The standard InChI is InChI=1S/C14H13BrFNO2S/c1-19-13-4-2-10(15)6-9(13)8-20(18)14-5-3-11(16)7-12(14)17/h2-7H,8,17H2,1H3. The number of hydrogen-bond acceptors (Lipinski definition) is 3. The Bertz CT molecular complexity index is 664. The number of benzene rings is 2. The smallest absolute Gasteiger partial charge is 0.125 e. The van der Waals surface area contributed by atoms with Crippen LogP contribution in [0.1, 0.15) is 5.56 Å². The quantitative estimate of drug-likeness (QED) is 0.852. The molecule has 0 saturated heterocycles. The lowest BCUT2D eigenvalue weighted by molar-refractivity contribution is 0.411. The van der Waals surface area contributed by atoms with E-state index in [2.05, 4.69) is 15.9 Å². The topological polar surface area (TPSA) is 52.3 Å². The molecule has 0 aliphatic heterocycles. The Balaban J connectivity index is 2.30. The molecule has 1 atom stereocenters. The second kappa shape index (κ2) is 6.37. The van der Waals surface area contributed by atoms with Gasteiger partial charge in [0.2, 0.25) is 0 Å². The maximum atomic E-state index is 13.0. The van der Waals surface area contributed by atoms with Crippen LogP contribution in [-0.4, -0.2) is 11.3 Å². The van der Waals surface area contributed by atoms with Gasteiger partial charge in [0, 0.05) is 10.0 Å². The minimum Gasteiger partial charge on any atom is -0.496 e. The third-order valence-electron chi connectivity index (χ3n) is 2.75. The Morgan fingerprint density at radius 1 is 1.30 bits per heavy atom. The summed E-state index contributed by atoms with van der Waals surface area (Å²) in [4.78, 5) is 0.424. The van der Waals surface area contributed by atoms with Gasteiger partial charge in [-0.05, 0) is 36.4 Å². The van der Waals surface area contributed by atoms with Crippen LogP contribution in [0.3, 0.4) is 0 Å². The molecule has 3 nitrogen and oxygen atoms in total. The van der Waals surface area contributed by atoms with Crippen LogP contribution in [0.2, 0.25) is 0 Å². The highest BCUT2D eigenvalue weighted by atomic mass is 79.9. The summed E-state index contributed by atoms with van der Waals surface area (Å²) in [6.07, 6.45) is 0. The number of rotatable bonds is 4. The zero-order chi connectivity index (χ0) is 14.7. The molecule has 0 amide bonds. The van der Waals surface area contributed by atoms with Crippen molar-refractivity contribution in [3.05, 3.63) is 52.3 Å². The summed E-state index contributed by atoms with van der Waals surface area (Å²) < 4.78 is 31.5. The van der Waals surface area contributed by atoms with Crippen molar-refractivity contribution in [2.45, 2.75) is 10.6 Å². The second-order valence-corrected chi connectivity index (χ2v) is 6.46. The molecule has 0 bridgehead atoms. The fourth-order valence-electron chi connectivity index (χ4n) is 1.81. The fourth-order valence-corrected chi connectivity index (χ4v) is 3.42. The first-order valence-corrected chi connectivity index (χ1v) is 7.88. The van der Waals surface area contributed by atoms with Crippen molar-refractivity contribution in [1.82, 2.24) is 0 Å². The van der Waals surface area contributed by atoms with E-state index >= 15 is 0 Å². The van der Waals surface area contributed by atoms with Gasteiger partial charge in [-0.25, -0.2) is 4.39 Å². The van der Waals surface area contributed by atoms with Crippen LogP contribution in [0.25, 0.3) is 0 Å². The normalized spacial score (nSPS) is 12.2. The Morgan fingerprint density at radius 3 is 2.70 bits per heavy atom. The van der Waals surface area contributed by atoms with Crippen molar-refractivity contribution in [3.8, 4) is 5.75 Å². The average Bonchev–Trinajstić information content (AvgIpc) is 2.38. The molecular formula is C14H13BrFNO2S. The van der Waals surface area contributed by atoms with Crippen LogP contribution in [0.15, 0.2) is 45.8 Å². The van der Waals surface area contributed by atoms with Crippen LogP contribution in [0.4, 0.5) is 10.1 Å². The number of hydrogen-bond donors (Lipinski definition) is 1. The van der Waals surface area contributed by atoms with Gasteiger partial charge in [-0.2, -0.15) is 0 Å². The lowest BCUT2D eigenvalue weighted by Crippen LogP contribution is -2.03. The molecule has 6 heteroatoms. The average molecular weight is 358 g/mol. The molecule has 0 heterocycles. The summed E-state index contributed by atoms with van der Waals surface area (Å²) in [6.45, 7) is 0. The van der Waals surface area contributed by atoms with E-state index in [1.165, 1.54) is 18.2 Å². The summed E-state index contributed by atoms with van der Waals surface area (Å²) >= 11 is 3.37. The number of ether oxygens (including phenoxy) is 1. The van der Waals surface area contributed by atoms with Gasteiger partial charge in [-0.1, -0.05) is 15.9 Å². The number of halogens is 2. The highest BCUT2D eigenvalue weighted by Gasteiger charge is 2.13. The number of anilines is 1. The molecule has 20 heavy (non-hydrogen) atoms. The van der Waals surface area contributed by atoms with E-state index in [4.69, 9.17) is 10.5 Å². The fraction of sp³-hybridized carbons (Fsp3) is 0.143. The summed E-state index contributed by atoms with van der Waals surface area (Å²) in [6, 6.07) is 9.36. The van der Waals surface area contributed by atoms with Gasteiger partial charge in [0.05, 0.1) is 34.2 Å². The molecule has 0 spiro atoms. The number of nitrogen functional groups attached to an aromatic ring is 1. The highest BCUT2D eigenvalue weighted by Crippen LogP contribution is 2.27. The van der Waals surface area contributed by atoms with Crippen LogP contribution in [0.5, 0.6) is 5.75 Å². The van der Waals surface area contributed by atoms with Crippen molar-refractivity contribution in [3.63, 3.8) is 0 Å². The molecule has 2 aromatic carbocycles. The Kier molecular flexibility index (Phi) is 4.77. The first kappa shape index (κ1) is 15.0. The number of methoxy groups -OCH3 is 1. The summed E-state index contributed by atoms with van der Waals surface area (Å²) in [5, 5.41) is 0. The van der Waals surface area contributed by atoms with E-state index in [0.29, 0.717) is 10.6 Å². The summed E-state index contributed by atoms with van der Waals surface area (Å²) in [7, 11) is 0.191. The molecule has 2 N–H and O–H groups in total. The van der Waals surface area contributed by atoms with E-state index in [1.54, 1.807) is 13.2 Å². The van der Waals surface area contributed by atoms with Crippen molar-refractivity contribution >= 4 is 32.4 Å². The van der Waals surface area contributed by atoms with E-state index in [0.717, 1.165) is 10.0 Å². The maximum absolute atomic E-state index is 13.0. The van der Waals surface area contributed by atoms with Gasteiger partial charge < -0.3 is 10.5 Å². The lowest BCUT2D eigenvalue weighted by Gasteiger charge is -2.10. The molecule has 0 aliphatic carbocycles. The van der Waals surface area contributed by atoms with Crippen molar-refractivity contribution < 1.29 is 13.3 Å². The Morgan fingerprint density at radius 2 is 2.05 bits per heavy atom. The molecular weight excluding hydrogens is 345 g/mol. The second-order valence-electron chi connectivity index (χ2n) is 4.13. The van der Waals surface area contributed by atoms with Gasteiger partial charge in [0.15, 0.2) is 0 Å². The van der Waals surface area contributed by atoms with Crippen molar-refractivity contribution in [1.29, 1.82) is 0 Å². The van der Waals surface area contributed by atoms with Crippen molar-refractivity contribution in [2.75, 3.05) is 12.8 Å². The van der Waals surface area contributed by atoms with Gasteiger partial charge >= 0.3 is 0 Å². The van der Waals surface area contributed by atoms with E-state index in [-0.39, 0.29) is 11.4 Å². The monoisotopic (exact) mass is 357 g/mol. The SMILES string of the molecule is COc1ccc(Br)cc1CS(=O)c1ccc(F)cc1N. The molecule has 2 rings (SSSR count). The summed E-state index contributed by atoms with van der Waals surface area (Å²) in [5.74, 6) is 0.462. The van der Waals surface area contributed by atoms with E-state index in [9.17, 15) is 8.60 Å². The predicted octanol–water partition coefficient (Wildman–Crippen LogP) is 3.49. The molecule has 1 unspecified atom stereocenters. The zero-order valence-electron chi connectivity index (χ0n) is 10.7. The van der Waals surface area contributed by atoms with Crippen LogP contribution in [0, 0.1) is 5.82 Å². The summed E-state index contributed by atoms with van der Waals surface area (Å²) in [5.41, 5.74) is 6.69. The first-order chi connectivity index (χ1) is 9.51. The largest absolute Gasteiger partial charge is 0.496 e. The van der Waals surface area contributed by atoms with Crippen LogP contribution in [-0.2, 0) is 16.6 Å². The van der Waals surface area contributed by atoms with Gasteiger partial charge in [0.25, 0.3) is 0 Å². The van der Waals surface area contributed by atoms with Gasteiger partial charge in [-0.15, -0.1) is 0 Å². The van der Waals surface area contributed by atoms with Crippen LogP contribution >= 0.6 is 15.9 Å². The lowest BCUT2D eigenvalue weighted by atomic mass is 10.2. The molecule has 2 aromatic rings. The molecule has 0 aromatic heterocycles. The number of nitrogens with two attached hydrogens (primary N) is 1. The predicted molar refractivity (Wildman–Crippen MR) is 81.6 cm³/mol. The van der Waals surface area contributed by atoms with E-state index < -0.39 is 16.6 Å². The minimum absolute atomic E-state index is 0.192. The highest BCUT2D eigenvalue weighted by molar-refractivity contribution is 9.10. The van der Waals surface area contributed by atoms with Crippen LogP contribution < -0.4 is 10.5 Å². The zero-order valence-corrected chi connectivity index (χ0v) is 13.1. The molecule has 0 fully saturated rings. The molecule has 106 valence electrons. The van der Waals surface area contributed by atoms with Gasteiger partial charge in [0.1, 0.15) is 11.6 Å². The minimum atomic E-state index is -1.37. The Labute approximate surface area is 127 Å². The molecule has 0 saturated carbocycles. The van der Waals surface area contributed by atoms with E-state index in [1.807, 2.05) is 12.1 Å². The molecule has 0 radical (unpaired) electrons. The molecule has 0 aliphatic rings. The Hall–Kier alpha value is -1.40. The van der Waals surface area contributed by atoms with Crippen molar-refractivity contribution in [2.24, 2.45) is 0 Å². The maximum Gasteiger partial charge on any atom is 0.125 e. The first-order valence-electron chi connectivity index (χ1n) is 5.77. The third-order valence-corrected chi connectivity index (χ3v) is 4.67. The third kappa shape index (κ3) is 3.37.